The molecule has 9 heteroatoms. The molecule has 2 aromatic heterocycles. The summed E-state index contributed by atoms with van der Waals surface area (Å²) in [6.45, 7) is 12.1. The summed E-state index contributed by atoms with van der Waals surface area (Å²) in [4.78, 5) is 19.2. The molecule has 46 heavy (non-hydrogen) atoms. The van der Waals surface area contributed by atoms with Crippen molar-refractivity contribution in [3.8, 4) is 28.1 Å². The Bertz CT molecular complexity index is 1680. The number of anilines is 1. The van der Waals surface area contributed by atoms with Crippen LogP contribution in [0.4, 0.5) is 10.2 Å². The SMILES string of the molecule is CC(C)(C)O.Cc1cc2nc3cn2c(c1CC(=O)O)N1CCC(C)(CC1)OCCCCCOc1cc(F)ccc1-c1cccc-3c1. The molecule has 4 aromatic rings. The molecule has 7 rings (SSSR count). The Hall–Kier alpha value is -3.95. The highest BCUT2D eigenvalue weighted by atomic mass is 19.1. The number of aromatic nitrogens is 2. The molecule has 3 aliphatic rings. The van der Waals surface area contributed by atoms with E-state index in [1.165, 1.54) is 12.1 Å². The second-order valence-electron chi connectivity index (χ2n) is 13.6. The Morgan fingerprint density at radius 3 is 2.43 bits per heavy atom. The minimum Gasteiger partial charge on any atom is -0.493 e. The van der Waals surface area contributed by atoms with Gasteiger partial charge in [-0.05, 0) is 102 Å². The quantitative estimate of drug-likeness (QED) is 0.237. The van der Waals surface area contributed by atoms with Gasteiger partial charge in [0.1, 0.15) is 23.0 Å². The van der Waals surface area contributed by atoms with Gasteiger partial charge in [0.25, 0.3) is 0 Å². The van der Waals surface area contributed by atoms with Crippen LogP contribution >= 0.6 is 0 Å². The lowest BCUT2D eigenvalue weighted by atomic mass is 9.92. The van der Waals surface area contributed by atoms with Gasteiger partial charge in [0.05, 0.1) is 29.9 Å². The lowest BCUT2D eigenvalue weighted by molar-refractivity contribution is -0.136. The number of nitrogens with zero attached hydrogens (tertiary/aromatic N) is 3. The highest BCUT2D eigenvalue weighted by molar-refractivity contribution is 5.78. The van der Waals surface area contributed by atoms with E-state index in [9.17, 15) is 14.3 Å². The highest BCUT2D eigenvalue weighted by Gasteiger charge is 2.33. The van der Waals surface area contributed by atoms with Crippen molar-refractivity contribution in [1.82, 2.24) is 9.38 Å². The minimum absolute atomic E-state index is 0.0578. The van der Waals surface area contributed by atoms with E-state index in [1.54, 1.807) is 26.8 Å². The summed E-state index contributed by atoms with van der Waals surface area (Å²) in [6.07, 6.45) is 6.39. The molecule has 6 bridgehead atoms. The van der Waals surface area contributed by atoms with Crippen LogP contribution in [0, 0.1) is 12.7 Å². The van der Waals surface area contributed by atoms with Gasteiger partial charge in [-0.25, -0.2) is 9.37 Å². The fourth-order valence-corrected chi connectivity index (χ4v) is 6.04. The molecular formula is C37H46FN3O5. The van der Waals surface area contributed by atoms with Crippen molar-refractivity contribution < 1.29 is 28.9 Å². The summed E-state index contributed by atoms with van der Waals surface area (Å²) in [7, 11) is 0. The van der Waals surface area contributed by atoms with Crippen molar-refractivity contribution in [3.63, 3.8) is 0 Å². The number of aryl methyl sites for hydroxylation is 1. The molecule has 8 nitrogen and oxygen atoms in total. The van der Waals surface area contributed by atoms with Crippen molar-refractivity contribution in [2.24, 2.45) is 0 Å². The summed E-state index contributed by atoms with van der Waals surface area (Å²) in [5, 5.41) is 18.3. The minimum atomic E-state index is -0.856. The number of ether oxygens (including phenoxy) is 2. The van der Waals surface area contributed by atoms with Crippen LogP contribution in [0.5, 0.6) is 5.75 Å². The number of benzene rings is 2. The van der Waals surface area contributed by atoms with E-state index in [2.05, 4.69) is 17.9 Å². The smallest absolute Gasteiger partial charge is 0.307 e. The number of carboxylic acid groups (broad SMARTS) is 1. The van der Waals surface area contributed by atoms with Crippen LogP contribution < -0.4 is 9.64 Å². The van der Waals surface area contributed by atoms with Crippen molar-refractivity contribution in [3.05, 3.63) is 71.7 Å². The summed E-state index contributed by atoms with van der Waals surface area (Å²) in [5.41, 5.74) is 5.21. The Morgan fingerprint density at radius 2 is 1.72 bits per heavy atom. The first-order chi connectivity index (χ1) is 21.8. The average molecular weight is 632 g/mol. The number of fused-ring (bicyclic) bond motifs is 8. The van der Waals surface area contributed by atoms with Gasteiger partial charge in [0, 0.05) is 48.6 Å². The van der Waals surface area contributed by atoms with Crippen molar-refractivity contribution >= 4 is 17.4 Å². The first-order valence-electron chi connectivity index (χ1n) is 16.2. The zero-order chi connectivity index (χ0) is 33.1. The van der Waals surface area contributed by atoms with Crippen LogP contribution in [-0.2, 0) is 16.0 Å². The first kappa shape index (κ1) is 33.4. The number of aliphatic hydroxyl groups is 1. The maximum absolute atomic E-state index is 14.2. The van der Waals surface area contributed by atoms with E-state index in [4.69, 9.17) is 19.6 Å². The first-order valence-corrected chi connectivity index (χ1v) is 16.2. The highest BCUT2D eigenvalue weighted by Crippen LogP contribution is 2.37. The van der Waals surface area contributed by atoms with Crippen LogP contribution in [0.3, 0.4) is 0 Å². The van der Waals surface area contributed by atoms with Crippen LogP contribution in [0.15, 0.2) is 54.7 Å². The number of hydrogen-bond acceptors (Lipinski definition) is 6. The molecule has 0 atom stereocenters. The number of hydrogen-bond donors (Lipinski definition) is 2. The molecule has 1 saturated heterocycles. The third-order valence-electron chi connectivity index (χ3n) is 8.41. The summed E-state index contributed by atoms with van der Waals surface area (Å²) >= 11 is 0. The van der Waals surface area contributed by atoms with Crippen LogP contribution in [0.25, 0.3) is 28.0 Å². The molecule has 0 aliphatic carbocycles. The molecule has 5 heterocycles. The topological polar surface area (TPSA) is 96.5 Å². The van der Waals surface area contributed by atoms with Gasteiger partial charge in [-0.15, -0.1) is 0 Å². The predicted molar refractivity (Wildman–Crippen MR) is 179 cm³/mol. The van der Waals surface area contributed by atoms with E-state index >= 15 is 0 Å². The molecule has 0 unspecified atom stereocenters. The average Bonchev–Trinajstić information content (AvgIpc) is 3.40. The molecule has 2 aromatic carbocycles. The van der Waals surface area contributed by atoms with Gasteiger partial charge in [-0.3, -0.25) is 9.20 Å². The monoisotopic (exact) mass is 631 g/mol. The molecule has 246 valence electrons. The summed E-state index contributed by atoms with van der Waals surface area (Å²) in [6, 6.07) is 14.7. The third-order valence-corrected chi connectivity index (χ3v) is 8.41. The van der Waals surface area contributed by atoms with Gasteiger partial charge in [-0.1, -0.05) is 18.2 Å². The molecule has 0 radical (unpaired) electrons. The lowest BCUT2D eigenvalue weighted by Gasteiger charge is -2.41. The van der Waals surface area contributed by atoms with E-state index in [-0.39, 0.29) is 17.8 Å². The van der Waals surface area contributed by atoms with Crippen molar-refractivity contribution in [2.75, 3.05) is 31.2 Å². The van der Waals surface area contributed by atoms with Crippen LogP contribution in [0.2, 0.25) is 0 Å². The standard InChI is InChI=1S/C33H36FN3O4.C4H10O/c1-22-17-30-35-28-21-37(30)32(27(22)20-31(38)39)36-13-11-33(2,12-14-36)41-16-5-3-4-15-40-29-19-25(34)9-10-26(29)23-7-6-8-24(28)18-23;1-4(2,3)5/h6-10,17-19,21H,3-5,11-16,20H2,1-2H3,(H,38,39);5H,1-3H3. The number of rotatable bonds is 2. The second kappa shape index (κ2) is 13.8. The maximum atomic E-state index is 14.2. The van der Waals surface area contributed by atoms with Crippen LogP contribution in [-0.4, -0.2) is 63.1 Å². The molecule has 3 aliphatic heterocycles. The fraction of sp³-hybridized carbons (Fsp3) is 0.459. The van der Waals surface area contributed by atoms with Crippen molar-refractivity contribution in [1.29, 1.82) is 0 Å². The summed E-state index contributed by atoms with van der Waals surface area (Å²) < 4.78 is 28.7. The van der Waals surface area contributed by atoms with E-state index in [0.717, 1.165) is 90.2 Å². The Labute approximate surface area is 270 Å². The Balaban J connectivity index is 0.000000775. The molecule has 2 N–H and O–H groups in total. The molecule has 0 amide bonds. The second-order valence-corrected chi connectivity index (χ2v) is 13.6. The molecule has 0 spiro atoms. The van der Waals surface area contributed by atoms with Gasteiger partial charge in [0.2, 0.25) is 0 Å². The van der Waals surface area contributed by atoms with E-state index in [1.807, 2.05) is 41.8 Å². The third kappa shape index (κ3) is 8.25. The van der Waals surface area contributed by atoms with Gasteiger partial charge >= 0.3 is 5.97 Å². The maximum Gasteiger partial charge on any atom is 0.307 e. The number of aliphatic carboxylic acids is 1. The molecular weight excluding hydrogens is 585 g/mol. The number of piperidine rings is 1. The predicted octanol–water partition coefficient (Wildman–Crippen LogP) is 7.46. The molecule has 0 saturated carbocycles. The Morgan fingerprint density at radius 1 is 1.02 bits per heavy atom. The number of pyridine rings is 1. The van der Waals surface area contributed by atoms with Gasteiger partial charge in [0.15, 0.2) is 0 Å². The van der Waals surface area contributed by atoms with Gasteiger partial charge < -0.3 is 24.6 Å². The number of carbonyl (C=O) groups is 1. The number of imidazole rings is 1. The van der Waals surface area contributed by atoms with Crippen molar-refractivity contribution in [2.45, 2.75) is 84.3 Å². The zero-order valence-corrected chi connectivity index (χ0v) is 27.6. The number of carboxylic acids is 1. The fourth-order valence-electron chi connectivity index (χ4n) is 6.04. The number of halogens is 1. The largest absolute Gasteiger partial charge is 0.493 e. The Kier molecular flexibility index (Phi) is 10.0. The normalized spacial score (nSPS) is 16.7. The van der Waals surface area contributed by atoms with E-state index in [0.29, 0.717) is 19.0 Å². The zero-order valence-electron chi connectivity index (χ0n) is 27.6. The molecule has 1 fully saturated rings. The summed E-state index contributed by atoms with van der Waals surface area (Å²) in [5.74, 6) is 0.229. The van der Waals surface area contributed by atoms with Crippen LogP contribution in [0.1, 0.15) is 70.9 Å². The van der Waals surface area contributed by atoms with Gasteiger partial charge in [-0.2, -0.15) is 0 Å². The lowest BCUT2D eigenvalue weighted by Crippen LogP contribution is -2.45. The van der Waals surface area contributed by atoms with E-state index < -0.39 is 11.6 Å².